The zero-order valence-electron chi connectivity index (χ0n) is 14.4. The number of aryl methyl sites for hydroxylation is 2. The highest BCUT2D eigenvalue weighted by Crippen LogP contribution is 2.26. The molecule has 6 nitrogen and oxygen atoms in total. The number of nitrogens with zero attached hydrogens (tertiary/aromatic N) is 3. The molecule has 6 heteroatoms. The predicted octanol–water partition coefficient (Wildman–Crippen LogP) is 2.64. The number of ether oxygens (including phenoxy) is 1. The molecule has 0 saturated carbocycles. The first-order valence-corrected chi connectivity index (χ1v) is 8.73. The Bertz CT molecular complexity index is 905. The molecule has 132 valence electrons. The number of hydrogen-bond donors (Lipinski definition) is 1. The topological polar surface area (TPSA) is 69.0 Å². The maximum Gasteiger partial charge on any atom is 0.229 e. The van der Waals surface area contributed by atoms with Crippen LogP contribution in [0.5, 0.6) is 5.75 Å². The van der Waals surface area contributed by atoms with E-state index in [0.29, 0.717) is 12.2 Å². The molecule has 3 aromatic rings. The van der Waals surface area contributed by atoms with Crippen LogP contribution in [0, 0.1) is 0 Å². The Hall–Kier alpha value is -3.15. The van der Waals surface area contributed by atoms with Crippen LogP contribution in [0.3, 0.4) is 0 Å². The van der Waals surface area contributed by atoms with Gasteiger partial charge in [0.25, 0.3) is 0 Å². The Labute approximate surface area is 151 Å². The maximum absolute atomic E-state index is 12.3. The minimum atomic E-state index is -0.0664. The summed E-state index contributed by atoms with van der Waals surface area (Å²) in [5, 5.41) is 7.28. The fourth-order valence-electron chi connectivity index (χ4n) is 3.07. The van der Waals surface area contributed by atoms with Gasteiger partial charge >= 0.3 is 0 Å². The predicted molar refractivity (Wildman–Crippen MR) is 98.1 cm³/mol. The fourth-order valence-corrected chi connectivity index (χ4v) is 3.07. The molecule has 0 aliphatic carbocycles. The molecule has 0 radical (unpaired) electrons. The molecule has 0 bridgehead atoms. The molecule has 0 saturated heterocycles. The van der Waals surface area contributed by atoms with Gasteiger partial charge in [0.05, 0.1) is 13.0 Å². The van der Waals surface area contributed by atoms with Crippen molar-refractivity contribution in [2.45, 2.75) is 25.8 Å². The smallest absolute Gasteiger partial charge is 0.229 e. The summed E-state index contributed by atoms with van der Waals surface area (Å²) in [5.74, 6) is 1.44. The summed E-state index contributed by atoms with van der Waals surface area (Å²) in [6.45, 7) is 1.48. The molecule has 0 atom stereocenters. The second-order valence-electron chi connectivity index (χ2n) is 6.34. The van der Waals surface area contributed by atoms with E-state index in [4.69, 9.17) is 4.74 Å². The zero-order chi connectivity index (χ0) is 17.8. The van der Waals surface area contributed by atoms with Crippen LogP contribution >= 0.6 is 0 Å². The molecule has 1 aromatic carbocycles. The van der Waals surface area contributed by atoms with E-state index < -0.39 is 0 Å². The van der Waals surface area contributed by atoms with Crippen molar-refractivity contribution >= 4 is 11.7 Å². The van der Waals surface area contributed by atoms with Crippen molar-refractivity contribution in [3.8, 4) is 5.75 Å². The maximum atomic E-state index is 12.3. The molecule has 0 spiro atoms. The molecule has 0 unspecified atom stereocenters. The lowest BCUT2D eigenvalue weighted by atomic mass is 10.1. The number of nitrogens with one attached hydrogen (secondary N) is 1. The van der Waals surface area contributed by atoms with E-state index in [1.54, 1.807) is 12.4 Å². The van der Waals surface area contributed by atoms with E-state index in [9.17, 15) is 4.79 Å². The Morgan fingerprint density at radius 1 is 1.15 bits per heavy atom. The number of hydrogen-bond acceptors (Lipinski definition) is 4. The number of anilines is 1. The monoisotopic (exact) mass is 348 g/mol. The summed E-state index contributed by atoms with van der Waals surface area (Å²) in [4.78, 5) is 16.3. The van der Waals surface area contributed by atoms with Gasteiger partial charge < -0.3 is 10.1 Å². The van der Waals surface area contributed by atoms with Crippen LogP contribution in [0.4, 0.5) is 5.82 Å². The highest BCUT2D eigenvalue weighted by Gasteiger charge is 2.13. The SMILES string of the molecule is O=C(Cc1ccc2c(c1)CCO2)Nc1ccn(CCc2ccncc2)n1. The van der Waals surface area contributed by atoms with Crippen molar-refractivity contribution in [3.05, 3.63) is 71.7 Å². The Balaban J connectivity index is 1.31. The van der Waals surface area contributed by atoms with Crippen molar-refractivity contribution in [2.75, 3.05) is 11.9 Å². The fraction of sp³-hybridized carbons (Fsp3) is 0.250. The van der Waals surface area contributed by atoms with Crippen LogP contribution in [0.1, 0.15) is 16.7 Å². The largest absolute Gasteiger partial charge is 0.493 e. The molecular formula is C20H20N4O2. The highest BCUT2D eigenvalue weighted by atomic mass is 16.5. The summed E-state index contributed by atoms with van der Waals surface area (Å²) in [5.41, 5.74) is 3.38. The standard InChI is InChI=1S/C20H20N4O2/c25-20(14-16-1-2-18-17(13-16)7-12-26-18)22-19-6-11-24(23-19)10-5-15-3-8-21-9-4-15/h1-4,6,8-9,11,13H,5,7,10,12,14H2,(H,22,23,25). The lowest BCUT2D eigenvalue weighted by molar-refractivity contribution is -0.115. The lowest BCUT2D eigenvalue weighted by Crippen LogP contribution is -2.15. The Morgan fingerprint density at radius 2 is 2.04 bits per heavy atom. The quantitative estimate of drug-likeness (QED) is 0.743. The molecule has 3 heterocycles. The number of benzene rings is 1. The van der Waals surface area contributed by atoms with Gasteiger partial charge in [0, 0.05) is 37.6 Å². The zero-order valence-corrected chi connectivity index (χ0v) is 14.4. The Morgan fingerprint density at radius 3 is 2.92 bits per heavy atom. The van der Waals surface area contributed by atoms with Gasteiger partial charge in [-0.1, -0.05) is 12.1 Å². The summed E-state index contributed by atoms with van der Waals surface area (Å²) < 4.78 is 7.33. The van der Waals surface area contributed by atoms with Crippen LogP contribution in [0.25, 0.3) is 0 Å². The van der Waals surface area contributed by atoms with Gasteiger partial charge in [-0.05, 0) is 41.3 Å². The van der Waals surface area contributed by atoms with E-state index in [1.165, 1.54) is 11.1 Å². The molecule has 1 amide bonds. The third-order valence-electron chi connectivity index (χ3n) is 4.41. The average molecular weight is 348 g/mol. The van der Waals surface area contributed by atoms with Crippen LogP contribution < -0.4 is 10.1 Å². The van der Waals surface area contributed by atoms with E-state index >= 15 is 0 Å². The number of rotatable bonds is 6. The van der Waals surface area contributed by atoms with Gasteiger partial charge in [-0.3, -0.25) is 14.5 Å². The first kappa shape index (κ1) is 16.3. The highest BCUT2D eigenvalue weighted by molar-refractivity contribution is 5.91. The third kappa shape index (κ3) is 3.91. The van der Waals surface area contributed by atoms with Crippen LogP contribution in [0.2, 0.25) is 0 Å². The van der Waals surface area contributed by atoms with E-state index in [2.05, 4.69) is 21.5 Å². The van der Waals surface area contributed by atoms with Crippen molar-refractivity contribution in [3.63, 3.8) is 0 Å². The number of carbonyl (C=O) groups excluding carboxylic acids is 1. The van der Waals surface area contributed by atoms with Gasteiger partial charge in [-0.2, -0.15) is 5.10 Å². The van der Waals surface area contributed by atoms with Crippen molar-refractivity contribution < 1.29 is 9.53 Å². The molecule has 2 aromatic heterocycles. The summed E-state index contributed by atoms with van der Waals surface area (Å²) >= 11 is 0. The van der Waals surface area contributed by atoms with Gasteiger partial charge in [0.2, 0.25) is 5.91 Å². The van der Waals surface area contributed by atoms with Crippen LogP contribution in [-0.2, 0) is 30.6 Å². The summed E-state index contributed by atoms with van der Waals surface area (Å²) in [6.07, 6.45) is 7.56. The Kier molecular flexibility index (Phi) is 4.64. The van der Waals surface area contributed by atoms with E-state index in [0.717, 1.165) is 37.3 Å². The van der Waals surface area contributed by atoms with Crippen molar-refractivity contribution in [1.82, 2.24) is 14.8 Å². The minimum Gasteiger partial charge on any atom is -0.493 e. The number of fused-ring (bicyclic) bond motifs is 1. The third-order valence-corrected chi connectivity index (χ3v) is 4.41. The molecule has 4 rings (SSSR count). The van der Waals surface area contributed by atoms with Crippen molar-refractivity contribution in [2.24, 2.45) is 0 Å². The second-order valence-corrected chi connectivity index (χ2v) is 6.34. The molecule has 1 aliphatic heterocycles. The average Bonchev–Trinajstić information content (AvgIpc) is 3.29. The molecule has 0 fully saturated rings. The molecule has 1 N–H and O–H groups in total. The normalized spacial score (nSPS) is 12.5. The van der Waals surface area contributed by atoms with Gasteiger partial charge in [0.1, 0.15) is 5.75 Å². The van der Waals surface area contributed by atoms with Crippen LogP contribution in [0.15, 0.2) is 55.0 Å². The molecular weight excluding hydrogens is 328 g/mol. The summed E-state index contributed by atoms with van der Waals surface area (Å²) in [6, 6.07) is 11.7. The lowest BCUT2D eigenvalue weighted by Gasteiger charge is -2.05. The number of carbonyl (C=O) groups is 1. The minimum absolute atomic E-state index is 0.0664. The van der Waals surface area contributed by atoms with Gasteiger partial charge in [-0.15, -0.1) is 0 Å². The van der Waals surface area contributed by atoms with E-state index in [1.807, 2.05) is 41.2 Å². The number of aromatic nitrogens is 3. The van der Waals surface area contributed by atoms with Gasteiger partial charge in [-0.25, -0.2) is 0 Å². The summed E-state index contributed by atoms with van der Waals surface area (Å²) in [7, 11) is 0. The van der Waals surface area contributed by atoms with Crippen molar-refractivity contribution in [1.29, 1.82) is 0 Å². The van der Waals surface area contributed by atoms with E-state index in [-0.39, 0.29) is 5.91 Å². The number of pyridine rings is 1. The molecule has 1 aliphatic rings. The first-order chi connectivity index (χ1) is 12.8. The number of amides is 1. The molecule has 26 heavy (non-hydrogen) atoms. The first-order valence-electron chi connectivity index (χ1n) is 8.73. The van der Waals surface area contributed by atoms with Crippen LogP contribution in [-0.4, -0.2) is 27.3 Å². The second kappa shape index (κ2) is 7.39. The van der Waals surface area contributed by atoms with Gasteiger partial charge in [0.15, 0.2) is 5.82 Å².